The summed E-state index contributed by atoms with van der Waals surface area (Å²) >= 11 is 0. The molecule has 0 aliphatic carbocycles. The Morgan fingerprint density at radius 3 is 2.19 bits per heavy atom. The van der Waals surface area contributed by atoms with E-state index in [1.807, 2.05) is 0 Å². The Bertz CT molecular complexity index is 1100. The highest BCUT2D eigenvalue weighted by Gasteiger charge is 2.38. The van der Waals surface area contributed by atoms with Crippen molar-refractivity contribution in [2.45, 2.75) is 18.0 Å². The molecule has 27 heavy (non-hydrogen) atoms. The predicted octanol–water partition coefficient (Wildman–Crippen LogP) is 3.65. The number of alkyl halides is 3. The van der Waals surface area contributed by atoms with Crippen LogP contribution in [0.2, 0.25) is 0 Å². The van der Waals surface area contributed by atoms with Gasteiger partial charge in [-0.2, -0.15) is 18.3 Å². The molecular formula is C17H13F4N3O2S. The van der Waals surface area contributed by atoms with E-state index < -0.39 is 27.7 Å². The van der Waals surface area contributed by atoms with Crippen molar-refractivity contribution in [2.24, 2.45) is 5.14 Å². The first kappa shape index (κ1) is 19.1. The number of nitrogens with zero attached hydrogens (tertiary/aromatic N) is 2. The fourth-order valence-electron chi connectivity index (χ4n) is 2.76. The van der Waals surface area contributed by atoms with Gasteiger partial charge in [0.25, 0.3) is 0 Å². The molecule has 0 aliphatic rings. The molecular weight excluding hydrogens is 386 g/mol. The van der Waals surface area contributed by atoms with E-state index in [-0.39, 0.29) is 27.4 Å². The van der Waals surface area contributed by atoms with Crippen LogP contribution >= 0.6 is 0 Å². The van der Waals surface area contributed by atoms with Crippen molar-refractivity contribution in [3.8, 4) is 16.9 Å². The van der Waals surface area contributed by atoms with Gasteiger partial charge in [-0.05, 0) is 43.3 Å². The number of benzene rings is 2. The number of hydrogen-bond donors (Lipinski definition) is 1. The van der Waals surface area contributed by atoms with E-state index in [0.717, 1.165) is 16.8 Å². The average Bonchev–Trinajstić information content (AvgIpc) is 2.92. The Morgan fingerprint density at radius 2 is 1.63 bits per heavy atom. The van der Waals surface area contributed by atoms with Crippen molar-refractivity contribution >= 4 is 10.0 Å². The lowest BCUT2D eigenvalue weighted by Gasteiger charge is -2.12. The second-order valence-corrected chi connectivity index (χ2v) is 7.28. The van der Waals surface area contributed by atoms with Crippen LogP contribution in [0.25, 0.3) is 16.9 Å². The van der Waals surface area contributed by atoms with E-state index in [0.29, 0.717) is 0 Å². The molecule has 0 atom stereocenters. The molecule has 3 rings (SSSR count). The molecule has 5 nitrogen and oxygen atoms in total. The SMILES string of the molecule is Cc1c(C(F)(F)F)nn(-c2ccccc2S(N)(=O)=O)c1-c1ccc(F)cc1. The highest BCUT2D eigenvalue weighted by molar-refractivity contribution is 7.89. The predicted molar refractivity (Wildman–Crippen MR) is 90.1 cm³/mol. The fraction of sp³-hybridized carbons (Fsp3) is 0.118. The fourth-order valence-corrected chi connectivity index (χ4v) is 3.47. The van der Waals surface area contributed by atoms with E-state index in [2.05, 4.69) is 5.10 Å². The number of nitrogens with two attached hydrogens (primary N) is 1. The van der Waals surface area contributed by atoms with Gasteiger partial charge in [-0.25, -0.2) is 22.6 Å². The van der Waals surface area contributed by atoms with Crippen LogP contribution in [0, 0.1) is 12.7 Å². The number of aromatic nitrogens is 2. The zero-order valence-electron chi connectivity index (χ0n) is 13.8. The molecule has 0 fully saturated rings. The van der Waals surface area contributed by atoms with Gasteiger partial charge in [0, 0.05) is 11.1 Å². The lowest BCUT2D eigenvalue weighted by atomic mass is 10.1. The van der Waals surface area contributed by atoms with Gasteiger partial charge >= 0.3 is 6.18 Å². The molecule has 0 radical (unpaired) electrons. The summed E-state index contributed by atoms with van der Waals surface area (Å²) in [6.07, 6.45) is -4.76. The minimum atomic E-state index is -4.76. The zero-order chi connectivity index (χ0) is 20.0. The lowest BCUT2D eigenvalue weighted by Crippen LogP contribution is -2.16. The molecule has 0 spiro atoms. The van der Waals surface area contributed by atoms with Crippen LogP contribution in [-0.4, -0.2) is 18.2 Å². The molecule has 0 saturated heterocycles. The quantitative estimate of drug-likeness (QED) is 0.683. The lowest BCUT2D eigenvalue weighted by molar-refractivity contribution is -0.141. The Kier molecular flexibility index (Phi) is 4.56. The second-order valence-electron chi connectivity index (χ2n) is 5.75. The molecule has 0 unspecified atom stereocenters. The van der Waals surface area contributed by atoms with Gasteiger partial charge in [0.1, 0.15) is 10.7 Å². The van der Waals surface area contributed by atoms with Crippen molar-refractivity contribution in [3.63, 3.8) is 0 Å². The standard InChI is InChI=1S/C17H13F4N3O2S/c1-10-15(11-6-8-12(18)9-7-11)24(23-16(10)17(19,20)21)13-4-2-3-5-14(13)27(22,25)26/h2-9H,1H3,(H2,22,25,26). The Hall–Kier alpha value is -2.72. The first-order valence-corrected chi connectivity index (χ1v) is 9.09. The second kappa shape index (κ2) is 6.46. The molecule has 0 bridgehead atoms. The molecule has 0 amide bonds. The van der Waals surface area contributed by atoms with Crippen LogP contribution < -0.4 is 5.14 Å². The molecule has 2 aromatic carbocycles. The zero-order valence-corrected chi connectivity index (χ0v) is 14.6. The Labute approximate surface area is 152 Å². The summed E-state index contributed by atoms with van der Waals surface area (Å²) in [6.45, 7) is 1.21. The molecule has 0 saturated carbocycles. The summed E-state index contributed by atoms with van der Waals surface area (Å²) in [5.74, 6) is -0.566. The van der Waals surface area contributed by atoms with Crippen LogP contribution in [0.5, 0.6) is 0 Å². The van der Waals surface area contributed by atoms with Crippen LogP contribution in [0.4, 0.5) is 17.6 Å². The summed E-state index contributed by atoms with van der Waals surface area (Å²) in [4.78, 5) is -0.385. The van der Waals surface area contributed by atoms with Crippen LogP contribution in [0.15, 0.2) is 53.4 Å². The maximum absolute atomic E-state index is 13.4. The van der Waals surface area contributed by atoms with E-state index in [1.54, 1.807) is 0 Å². The molecule has 1 aromatic heterocycles. The third kappa shape index (κ3) is 3.58. The molecule has 0 aliphatic heterocycles. The Balaban J connectivity index is 2.39. The Morgan fingerprint density at radius 1 is 1.04 bits per heavy atom. The number of rotatable bonds is 3. The molecule has 1 heterocycles. The summed E-state index contributed by atoms with van der Waals surface area (Å²) in [7, 11) is -4.23. The maximum Gasteiger partial charge on any atom is 0.435 e. The summed E-state index contributed by atoms with van der Waals surface area (Å²) in [5, 5.41) is 8.80. The number of halogens is 4. The van der Waals surface area contributed by atoms with Crippen molar-refractivity contribution in [1.82, 2.24) is 9.78 Å². The number of primary sulfonamides is 1. The van der Waals surface area contributed by atoms with Gasteiger partial charge in [-0.1, -0.05) is 12.1 Å². The molecule has 3 aromatic rings. The molecule has 10 heteroatoms. The number of hydrogen-bond acceptors (Lipinski definition) is 3. The van der Waals surface area contributed by atoms with Crippen LogP contribution in [-0.2, 0) is 16.2 Å². The third-order valence-electron chi connectivity index (χ3n) is 3.91. The highest BCUT2D eigenvalue weighted by Crippen LogP contribution is 2.38. The van der Waals surface area contributed by atoms with Gasteiger partial charge in [0.05, 0.1) is 11.4 Å². The van der Waals surface area contributed by atoms with Crippen molar-refractivity contribution in [3.05, 3.63) is 65.6 Å². The van der Waals surface area contributed by atoms with E-state index in [4.69, 9.17) is 5.14 Å². The summed E-state index contributed by atoms with van der Waals surface area (Å²) in [6, 6.07) is 10.0. The number of para-hydroxylation sites is 1. The average molecular weight is 399 g/mol. The molecule has 142 valence electrons. The number of sulfonamides is 1. The third-order valence-corrected chi connectivity index (χ3v) is 4.87. The molecule has 2 N–H and O–H groups in total. The van der Waals surface area contributed by atoms with Gasteiger partial charge < -0.3 is 0 Å². The smallest absolute Gasteiger partial charge is 0.231 e. The van der Waals surface area contributed by atoms with Crippen molar-refractivity contribution in [1.29, 1.82) is 0 Å². The topological polar surface area (TPSA) is 78.0 Å². The van der Waals surface area contributed by atoms with Gasteiger partial charge in [-0.3, -0.25) is 0 Å². The highest BCUT2D eigenvalue weighted by atomic mass is 32.2. The van der Waals surface area contributed by atoms with Gasteiger partial charge in [0.15, 0.2) is 5.69 Å². The summed E-state index contributed by atoms with van der Waals surface area (Å²) in [5.41, 5.74) is -1.32. The minimum Gasteiger partial charge on any atom is -0.231 e. The van der Waals surface area contributed by atoms with Gasteiger partial charge in [0.2, 0.25) is 10.0 Å². The van der Waals surface area contributed by atoms with Gasteiger partial charge in [-0.15, -0.1) is 0 Å². The first-order chi connectivity index (χ1) is 12.5. The minimum absolute atomic E-state index is 0.0153. The first-order valence-electron chi connectivity index (χ1n) is 7.55. The van der Waals surface area contributed by atoms with Crippen molar-refractivity contribution in [2.75, 3.05) is 0 Å². The van der Waals surface area contributed by atoms with E-state index >= 15 is 0 Å². The largest absolute Gasteiger partial charge is 0.435 e. The van der Waals surface area contributed by atoms with Crippen LogP contribution in [0.3, 0.4) is 0 Å². The van der Waals surface area contributed by atoms with E-state index in [9.17, 15) is 26.0 Å². The maximum atomic E-state index is 13.4. The van der Waals surface area contributed by atoms with E-state index in [1.165, 1.54) is 43.3 Å². The van der Waals surface area contributed by atoms with Crippen molar-refractivity contribution < 1.29 is 26.0 Å². The summed E-state index contributed by atoms with van der Waals surface area (Å²) < 4.78 is 78.0. The van der Waals surface area contributed by atoms with Crippen LogP contribution in [0.1, 0.15) is 11.3 Å². The normalized spacial score (nSPS) is 12.4. The monoisotopic (exact) mass is 399 g/mol.